The Kier molecular flexibility index (Phi) is 6.74. The Labute approximate surface area is 246 Å². The minimum absolute atomic E-state index is 0.0673. The van der Waals surface area contributed by atoms with Crippen LogP contribution in [-0.4, -0.2) is 60.2 Å². The third kappa shape index (κ3) is 4.74. The molecule has 4 N–H and O–H groups in total. The average Bonchev–Trinajstić information content (AvgIpc) is 2.98. The van der Waals surface area contributed by atoms with E-state index in [0.717, 1.165) is 80.9 Å². The number of carboxylic acids is 1. The van der Waals surface area contributed by atoms with Crippen LogP contribution in [0, 0.1) is 29.1 Å². The predicted octanol–water partition coefficient (Wildman–Crippen LogP) is 4.12. The van der Waals surface area contributed by atoms with Crippen LogP contribution in [0.15, 0.2) is 42.6 Å². The van der Waals surface area contributed by atoms with E-state index in [1.165, 1.54) is 0 Å². The molecule has 1 aromatic heterocycles. The maximum absolute atomic E-state index is 13.8. The van der Waals surface area contributed by atoms with Crippen molar-refractivity contribution < 1.29 is 19.5 Å². The molecule has 1 aromatic carbocycles. The Morgan fingerprint density at radius 2 is 1.67 bits per heavy atom. The molecule has 0 radical (unpaired) electrons. The van der Waals surface area contributed by atoms with Gasteiger partial charge in [-0.05, 0) is 92.9 Å². The van der Waals surface area contributed by atoms with Crippen molar-refractivity contribution in [2.24, 2.45) is 34.8 Å². The number of nitrogens with zero attached hydrogens (tertiary/aromatic N) is 4. The number of aromatic nitrogens is 1. The number of primary amides is 1. The molecular formula is C32H40N6O4. The van der Waals surface area contributed by atoms with Crippen molar-refractivity contribution in [2.75, 3.05) is 40.9 Å². The summed E-state index contributed by atoms with van der Waals surface area (Å²) < 4.78 is 0. The molecule has 2 aromatic rings. The maximum atomic E-state index is 13.8. The number of carbonyl (C=O) groups is 3. The van der Waals surface area contributed by atoms with Crippen LogP contribution in [0.25, 0.3) is 0 Å². The molecule has 222 valence electrons. The molecule has 42 heavy (non-hydrogen) atoms. The first kappa shape index (κ1) is 27.0. The fraction of sp³-hybridized carbons (Fsp3) is 0.562. The largest absolute Gasteiger partial charge is 0.481 e. The lowest BCUT2D eigenvalue weighted by molar-refractivity contribution is -0.145. The number of benzene rings is 1. The summed E-state index contributed by atoms with van der Waals surface area (Å²) in [6, 6.07) is 12.1. The quantitative estimate of drug-likeness (QED) is 0.474. The van der Waals surface area contributed by atoms with Gasteiger partial charge in [-0.25, -0.2) is 9.78 Å². The first-order valence-corrected chi connectivity index (χ1v) is 15.5. The van der Waals surface area contributed by atoms with Crippen molar-refractivity contribution in [2.45, 2.75) is 57.4 Å². The molecule has 4 bridgehead atoms. The highest BCUT2D eigenvalue weighted by molar-refractivity contribution is 5.98. The number of hydrogen-bond donors (Lipinski definition) is 3. The van der Waals surface area contributed by atoms with Crippen LogP contribution in [0.4, 0.5) is 27.7 Å². The van der Waals surface area contributed by atoms with E-state index in [9.17, 15) is 14.4 Å². The van der Waals surface area contributed by atoms with Gasteiger partial charge in [0.2, 0.25) is 5.91 Å². The van der Waals surface area contributed by atoms with Gasteiger partial charge in [-0.3, -0.25) is 14.5 Å². The van der Waals surface area contributed by atoms with E-state index in [2.05, 4.69) is 21.2 Å². The minimum atomic E-state index is -0.719. The van der Waals surface area contributed by atoms with Crippen molar-refractivity contribution in [3.8, 4) is 0 Å². The zero-order valence-electron chi connectivity index (χ0n) is 24.0. The first-order valence-electron chi connectivity index (χ1n) is 15.5. The van der Waals surface area contributed by atoms with Crippen molar-refractivity contribution in [1.29, 1.82) is 0 Å². The number of carbonyl (C=O) groups excluding carboxylic acids is 2. The molecular weight excluding hydrogens is 532 g/mol. The standard InChI is InChI=1S/C32H40N6O4/c33-30(41)32-16-21-13-22(17-32)29(23(14-21)18-32)35-31(42)38-12-11-37(25-3-1-2-4-26(25)38)27-6-5-24(19-34-27)36-9-7-20(8-10-36)15-28(39)40/h1-6,19-23,29H,7-18H2,(H2,33,41)(H,35,42)(H,39,40)/t21?,22-,23+,29?,32?. The van der Waals surface area contributed by atoms with Gasteiger partial charge in [0.05, 0.1) is 23.3 Å². The van der Waals surface area contributed by atoms with Crippen LogP contribution in [0.5, 0.6) is 0 Å². The summed E-state index contributed by atoms with van der Waals surface area (Å²) in [5.41, 5.74) is 8.37. The molecule has 3 unspecified atom stereocenters. The minimum Gasteiger partial charge on any atom is -0.481 e. The number of piperidine rings is 1. The Bertz CT molecular complexity index is 1360. The normalized spacial score (nSPS) is 30.2. The fourth-order valence-electron chi connectivity index (χ4n) is 8.96. The van der Waals surface area contributed by atoms with Gasteiger partial charge in [-0.15, -0.1) is 0 Å². The van der Waals surface area contributed by atoms with Gasteiger partial charge in [0.25, 0.3) is 0 Å². The number of fused-ring (bicyclic) bond motifs is 1. The molecule has 4 saturated carbocycles. The van der Waals surface area contributed by atoms with Gasteiger partial charge in [-0.2, -0.15) is 0 Å². The summed E-state index contributed by atoms with van der Waals surface area (Å²) in [5.74, 6) is 1.39. The lowest BCUT2D eigenvalue weighted by Crippen LogP contribution is -2.63. The highest BCUT2D eigenvalue weighted by atomic mass is 16.4. The van der Waals surface area contributed by atoms with E-state index in [1.54, 1.807) is 0 Å². The van der Waals surface area contributed by atoms with Crippen LogP contribution in [0.3, 0.4) is 0 Å². The van der Waals surface area contributed by atoms with Crippen molar-refractivity contribution in [1.82, 2.24) is 10.3 Å². The van der Waals surface area contributed by atoms with Gasteiger partial charge in [0.1, 0.15) is 5.82 Å². The number of pyridine rings is 1. The highest BCUT2D eigenvalue weighted by Crippen LogP contribution is 2.60. The molecule has 2 aliphatic heterocycles. The van der Waals surface area contributed by atoms with Crippen LogP contribution in [0.2, 0.25) is 0 Å². The third-order valence-corrected chi connectivity index (χ3v) is 10.8. The van der Waals surface area contributed by atoms with E-state index < -0.39 is 5.97 Å². The first-order chi connectivity index (χ1) is 20.3. The van der Waals surface area contributed by atoms with Gasteiger partial charge >= 0.3 is 12.0 Å². The number of urea groups is 1. The van der Waals surface area contributed by atoms with E-state index in [-0.39, 0.29) is 35.7 Å². The SMILES string of the molecule is NC(=O)C12CC3C[C@H](C1)C(NC(=O)N1CCN(c4ccc(N5CCC(CC(=O)O)CC5)cn4)c4ccccc41)[C@@H](C3)C2. The van der Waals surface area contributed by atoms with Gasteiger partial charge in [0.15, 0.2) is 0 Å². The average molecular weight is 573 g/mol. The number of para-hydroxylation sites is 2. The molecule has 5 fully saturated rings. The second-order valence-corrected chi connectivity index (χ2v) is 13.3. The third-order valence-electron chi connectivity index (χ3n) is 10.8. The van der Waals surface area contributed by atoms with Gasteiger partial charge < -0.3 is 26.0 Å². The van der Waals surface area contributed by atoms with Crippen LogP contribution in [-0.2, 0) is 9.59 Å². The lowest BCUT2D eigenvalue weighted by Gasteiger charge is -2.59. The fourth-order valence-corrected chi connectivity index (χ4v) is 8.96. The lowest BCUT2D eigenvalue weighted by atomic mass is 9.47. The smallest absolute Gasteiger partial charge is 0.322 e. The molecule has 0 spiro atoms. The predicted molar refractivity (Wildman–Crippen MR) is 160 cm³/mol. The molecule has 1 saturated heterocycles. The van der Waals surface area contributed by atoms with Crippen molar-refractivity contribution >= 4 is 40.8 Å². The summed E-state index contributed by atoms with van der Waals surface area (Å²) in [7, 11) is 0. The van der Waals surface area contributed by atoms with E-state index in [4.69, 9.17) is 15.8 Å². The number of carboxylic acid groups (broad SMARTS) is 1. The number of rotatable bonds is 6. The van der Waals surface area contributed by atoms with Crippen molar-refractivity contribution in [3.05, 3.63) is 42.6 Å². The maximum Gasteiger partial charge on any atom is 0.322 e. The molecule has 4 aliphatic carbocycles. The van der Waals surface area contributed by atoms with Crippen LogP contribution < -0.4 is 25.8 Å². The Morgan fingerprint density at radius 3 is 2.31 bits per heavy atom. The van der Waals surface area contributed by atoms with Crippen LogP contribution >= 0.6 is 0 Å². The number of nitrogens with two attached hydrogens (primary N) is 1. The number of amides is 3. The molecule has 3 heterocycles. The molecule has 8 rings (SSSR count). The highest BCUT2D eigenvalue weighted by Gasteiger charge is 2.58. The molecule has 5 atom stereocenters. The summed E-state index contributed by atoms with van der Waals surface area (Å²) in [5, 5.41) is 12.5. The molecule has 10 heteroatoms. The Morgan fingerprint density at radius 1 is 0.952 bits per heavy atom. The number of aliphatic carboxylic acids is 1. The van der Waals surface area contributed by atoms with Gasteiger partial charge in [-0.1, -0.05) is 12.1 Å². The molecule has 6 aliphatic rings. The summed E-state index contributed by atoms with van der Waals surface area (Å²) >= 11 is 0. The monoisotopic (exact) mass is 572 g/mol. The zero-order valence-corrected chi connectivity index (χ0v) is 24.0. The van der Waals surface area contributed by atoms with E-state index in [1.807, 2.05) is 41.4 Å². The second kappa shape index (κ2) is 10.5. The Balaban J connectivity index is 1.03. The molecule has 3 amide bonds. The Hall–Kier alpha value is -3.82. The number of nitrogens with one attached hydrogen (secondary N) is 1. The molecule has 10 nitrogen and oxygen atoms in total. The van der Waals surface area contributed by atoms with Crippen molar-refractivity contribution in [3.63, 3.8) is 0 Å². The summed E-state index contributed by atoms with van der Waals surface area (Å²) in [6.45, 7) is 2.84. The number of anilines is 4. The van der Waals surface area contributed by atoms with E-state index in [0.29, 0.717) is 30.8 Å². The second-order valence-electron chi connectivity index (χ2n) is 13.3. The zero-order chi connectivity index (χ0) is 29.0. The van der Waals surface area contributed by atoms with Crippen LogP contribution in [0.1, 0.15) is 51.4 Å². The summed E-state index contributed by atoms with van der Waals surface area (Å²) in [4.78, 5) is 48.3. The van der Waals surface area contributed by atoms with Gasteiger partial charge in [0, 0.05) is 44.1 Å². The van der Waals surface area contributed by atoms with E-state index >= 15 is 0 Å². The summed E-state index contributed by atoms with van der Waals surface area (Å²) in [6.07, 6.45) is 8.56. The number of hydrogen-bond acceptors (Lipinski definition) is 6. The topological polar surface area (TPSA) is 132 Å².